The molecule has 0 N–H and O–H groups in total. The van der Waals surface area contributed by atoms with Crippen LogP contribution in [0.3, 0.4) is 0 Å². The number of benzene rings is 2. The van der Waals surface area contributed by atoms with Gasteiger partial charge in [-0.2, -0.15) is 39.5 Å². The molecule has 0 radical (unpaired) electrons. The third-order valence-electron chi connectivity index (χ3n) is 4.67. The summed E-state index contributed by atoms with van der Waals surface area (Å²) in [6, 6.07) is 18.4. The predicted octanol–water partition coefficient (Wildman–Crippen LogP) is 6.12. The van der Waals surface area contributed by atoms with Crippen LogP contribution < -0.4 is 21.2 Å². The average molecular weight is 742 g/mol. The van der Waals surface area contributed by atoms with E-state index in [0.29, 0.717) is 0 Å². The van der Waals surface area contributed by atoms with Gasteiger partial charge < -0.3 is 0 Å². The van der Waals surface area contributed by atoms with Crippen molar-refractivity contribution in [3.8, 4) is 0 Å². The summed E-state index contributed by atoms with van der Waals surface area (Å²) in [6.07, 6.45) is 0. The monoisotopic (exact) mass is 741 g/mol. The van der Waals surface area contributed by atoms with Crippen molar-refractivity contribution in [3.63, 3.8) is 0 Å². The van der Waals surface area contributed by atoms with E-state index in [9.17, 15) is 47.9 Å². The second-order valence-corrected chi connectivity index (χ2v) is 18.3. The van der Waals surface area contributed by atoms with Crippen molar-refractivity contribution >= 4 is 33.4 Å². The molecule has 15 heteroatoms. The molecular weight excluding hydrogens is 714 g/mol. The fourth-order valence-corrected chi connectivity index (χ4v) is 8.61. The Labute approximate surface area is 241 Å². The number of alkyl halides is 9. The number of hydrogen-bond acceptors (Lipinski definition) is 4. The molecule has 0 saturated heterocycles. The Bertz CT molecular complexity index is 1090. The highest BCUT2D eigenvalue weighted by molar-refractivity contribution is 8.30. The van der Waals surface area contributed by atoms with Gasteiger partial charge in [0.1, 0.15) is 0 Å². The summed E-state index contributed by atoms with van der Waals surface area (Å²) >= 11 is -3.88. The highest BCUT2D eigenvalue weighted by atomic mass is 127. The molecule has 39 heavy (non-hydrogen) atoms. The SMILES string of the molecule is CC(C)(C)c1ccc([I+]c2ccc(C(C)(C)C)cc2)cc1.O=S(=O)(C(SC(F)(F)F)SC(F)(F)F)C(F)(F)F. The molecule has 0 aromatic heterocycles. The van der Waals surface area contributed by atoms with Crippen LogP contribution in [0.2, 0.25) is 0 Å². The minimum atomic E-state index is -6.62. The molecule has 0 atom stereocenters. The van der Waals surface area contributed by atoms with E-state index >= 15 is 0 Å². The number of rotatable bonds is 5. The molecule has 0 aliphatic rings. The topological polar surface area (TPSA) is 34.1 Å². The van der Waals surface area contributed by atoms with E-state index in [4.69, 9.17) is 0 Å². The van der Waals surface area contributed by atoms with Crippen LogP contribution in [0.15, 0.2) is 48.5 Å². The maximum atomic E-state index is 11.9. The second-order valence-electron chi connectivity index (χ2n) is 10.0. The highest BCUT2D eigenvalue weighted by Crippen LogP contribution is 2.50. The minimum Gasteiger partial charge on any atom is -0.217 e. The summed E-state index contributed by atoms with van der Waals surface area (Å²) in [4.78, 5) is 0. The van der Waals surface area contributed by atoms with E-state index in [1.807, 2.05) is 0 Å². The van der Waals surface area contributed by atoms with Gasteiger partial charge >= 0.3 is 37.7 Å². The fraction of sp³-hybridized carbons (Fsp3) is 0.500. The third-order valence-corrected chi connectivity index (χ3v) is 12.1. The Hall–Kier alpha value is -0.810. The maximum absolute atomic E-state index is 11.9. The Kier molecular flexibility index (Phi) is 12.1. The number of halogens is 10. The van der Waals surface area contributed by atoms with Gasteiger partial charge in [0.15, 0.2) is 11.1 Å². The van der Waals surface area contributed by atoms with Crippen LogP contribution in [0.1, 0.15) is 52.7 Å². The molecule has 0 aliphatic heterocycles. The minimum absolute atomic E-state index is 0.0703. The predicted molar refractivity (Wildman–Crippen MR) is 134 cm³/mol. The quantitative estimate of drug-likeness (QED) is 0.210. The summed E-state index contributed by atoms with van der Waals surface area (Å²) in [6.45, 7) is 13.6. The first-order valence-corrected chi connectivity index (χ1v) is 16.3. The molecule has 0 saturated carbocycles. The first-order valence-electron chi connectivity index (χ1n) is 10.9. The molecule has 2 aromatic carbocycles. The van der Waals surface area contributed by atoms with E-state index in [1.54, 1.807) is 0 Å². The van der Waals surface area contributed by atoms with Crippen molar-refractivity contribution in [2.75, 3.05) is 0 Å². The third kappa shape index (κ3) is 12.7. The van der Waals surface area contributed by atoms with Crippen LogP contribution in [0.4, 0.5) is 39.5 Å². The average Bonchev–Trinajstić information content (AvgIpc) is 2.70. The lowest BCUT2D eigenvalue weighted by molar-refractivity contribution is -0.597. The highest BCUT2D eigenvalue weighted by Gasteiger charge is 2.57. The number of hydrogen-bond donors (Lipinski definition) is 0. The first-order chi connectivity index (χ1) is 17.2. The van der Waals surface area contributed by atoms with Crippen LogP contribution >= 0.6 is 23.5 Å². The fourth-order valence-electron chi connectivity index (χ4n) is 2.63. The van der Waals surface area contributed by atoms with E-state index in [0.717, 1.165) is 0 Å². The van der Waals surface area contributed by atoms with Gasteiger partial charge in [-0.1, -0.05) is 65.8 Å². The zero-order chi connectivity index (χ0) is 30.7. The van der Waals surface area contributed by atoms with Crippen molar-refractivity contribution < 1.29 is 69.1 Å². The molecule has 2 aromatic rings. The molecule has 0 aliphatic carbocycles. The lowest BCUT2D eigenvalue weighted by Crippen LogP contribution is -3.61. The molecule has 2 rings (SSSR count). The van der Waals surface area contributed by atoms with Crippen molar-refractivity contribution in [1.82, 2.24) is 0 Å². The summed E-state index contributed by atoms with van der Waals surface area (Å²) in [5.41, 5.74) is -14.0. The summed E-state index contributed by atoms with van der Waals surface area (Å²) in [5, 5.41) is 0. The first kappa shape index (κ1) is 36.2. The van der Waals surface area contributed by atoms with Gasteiger partial charge in [-0.3, -0.25) is 0 Å². The maximum Gasteiger partial charge on any atom is 0.499 e. The summed E-state index contributed by atoms with van der Waals surface area (Å²) in [5.74, 6) is 0. The van der Waals surface area contributed by atoms with Gasteiger partial charge in [0.05, 0.1) is 0 Å². The largest absolute Gasteiger partial charge is 0.499 e. The molecule has 0 spiro atoms. The Balaban J connectivity index is 0.000000396. The van der Waals surface area contributed by atoms with Crippen molar-refractivity contribution in [1.29, 1.82) is 0 Å². The van der Waals surface area contributed by atoms with Crippen LogP contribution in [0.5, 0.6) is 0 Å². The zero-order valence-corrected chi connectivity index (χ0v) is 26.1. The molecule has 2 nitrogen and oxygen atoms in total. The van der Waals surface area contributed by atoms with Gasteiger partial charge in [0, 0.05) is 0 Å². The zero-order valence-electron chi connectivity index (χ0n) is 21.5. The summed E-state index contributed by atoms with van der Waals surface area (Å²) < 4.78 is 126. The van der Waals surface area contributed by atoms with Gasteiger partial charge in [-0.15, -0.1) is 0 Å². The van der Waals surface area contributed by atoms with Crippen LogP contribution in [-0.2, 0) is 20.7 Å². The number of sulfone groups is 1. The van der Waals surface area contributed by atoms with E-state index in [2.05, 4.69) is 90.1 Å². The van der Waals surface area contributed by atoms with Gasteiger partial charge in [-0.05, 0) is 69.7 Å². The van der Waals surface area contributed by atoms with Crippen LogP contribution in [-0.4, -0.2) is 28.9 Å². The molecule has 0 unspecified atom stereocenters. The summed E-state index contributed by atoms with van der Waals surface area (Å²) in [7, 11) is -6.62. The lowest BCUT2D eigenvalue weighted by atomic mass is 9.87. The van der Waals surface area contributed by atoms with Crippen LogP contribution in [0, 0.1) is 7.14 Å². The van der Waals surface area contributed by atoms with Gasteiger partial charge in [-0.25, -0.2) is 8.42 Å². The van der Waals surface area contributed by atoms with Crippen molar-refractivity contribution in [2.24, 2.45) is 0 Å². The van der Waals surface area contributed by atoms with Crippen molar-refractivity contribution in [3.05, 3.63) is 66.8 Å². The lowest BCUT2D eigenvalue weighted by Gasteiger charge is -2.20. The van der Waals surface area contributed by atoms with Crippen molar-refractivity contribution in [2.45, 2.75) is 72.8 Å². The molecule has 0 amide bonds. The second kappa shape index (κ2) is 13.0. The molecule has 222 valence electrons. The Morgan fingerprint density at radius 1 is 0.590 bits per heavy atom. The Morgan fingerprint density at radius 3 is 1.08 bits per heavy atom. The standard InChI is InChI=1S/C20H26I.C4HF9O2S3/c1-19(2,3)15-7-11-17(12-8-15)21-18-13-9-16(10-14-18)20(4,5)6;5-2(6,7)16-1(17-3(8,9)10)18(14,15)4(11,12)13/h7-14H,1-6H3;1H/q+1;. The molecule has 0 heterocycles. The molecule has 0 fully saturated rings. The Morgan fingerprint density at radius 2 is 0.872 bits per heavy atom. The molecule has 0 bridgehead atoms. The number of thioether (sulfide) groups is 2. The smallest absolute Gasteiger partial charge is 0.217 e. The van der Waals surface area contributed by atoms with Gasteiger partial charge in [0.25, 0.3) is 9.84 Å². The molecular formula is C24H27F9IO2S3+. The van der Waals surface area contributed by atoms with Gasteiger partial charge in [0.2, 0.25) is 0 Å². The van der Waals surface area contributed by atoms with E-state index in [-0.39, 0.29) is 32.0 Å². The van der Waals surface area contributed by atoms with E-state index in [1.165, 1.54) is 18.3 Å². The van der Waals surface area contributed by atoms with E-state index < -0.39 is 53.8 Å². The normalized spacial score (nSPS) is 13.7. The van der Waals surface area contributed by atoms with Crippen LogP contribution in [0.25, 0.3) is 0 Å².